The van der Waals surface area contributed by atoms with Gasteiger partial charge in [0.1, 0.15) is 6.07 Å². The monoisotopic (exact) mass is 413 g/mol. The van der Waals surface area contributed by atoms with Crippen LogP contribution in [0.4, 0.5) is 5.69 Å². The van der Waals surface area contributed by atoms with Crippen molar-refractivity contribution >= 4 is 35.1 Å². The quantitative estimate of drug-likeness (QED) is 0.405. The number of ketones is 1. The zero-order chi connectivity index (χ0) is 21.6. The number of anilines is 1. The molecule has 0 spiro atoms. The molecule has 0 saturated carbocycles. The number of aromatic nitrogens is 1. The molecule has 0 aliphatic rings. The lowest BCUT2D eigenvalue weighted by atomic mass is 10.1. The number of nitrogens with one attached hydrogen (secondary N) is 2. The first kappa shape index (κ1) is 21.9. The van der Waals surface area contributed by atoms with E-state index in [-0.39, 0.29) is 27.7 Å². The van der Waals surface area contributed by atoms with Crippen LogP contribution in [0, 0.1) is 18.3 Å². The number of pyridine rings is 1. The molecule has 0 radical (unpaired) electrons. The number of rotatable bonds is 7. The van der Waals surface area contributed by atoms with E-state index in [4.69, 9.17) is 4.74 Å². The molecule has 0 aliphatic carbocycles. The van der Waals surface area contributed by atoms with Gasteiger partial charge in [-0.3, -0.25) is 19.2 Å². The molecule has 9 heteroatoms. The predicted molar refractivity (Wildman–Crippen MR) is 108 cm³/mol. The van der Waals surface area contributed by atoms with Crippen molar-refractivity contribution in [2.75, 3.05) is 11.1 Å². The van der Waals surface area contributed by atoms with Crippen LogP contribution in [0.1, 0.15) is 35.3 Å². The van der Waals surface area contributed by atoms with Gasteiger partial charge in [-0.05, 0) is 38.5 Å². The van der Waals surface area contributed by atoms with Crippen LogP contribution in [-0.4, -0.2) is 34.5 Å². The van der Waals surface area contributed by atoms with E-state index in [0.717, 1.165) is 11.8 Å². The molecule has 1 amide bonds. The Bertz CT molecular complexity index is 1050. The first-order chi connectivity index (χ1) is 13.7. The number of aromatic amines is 1. The maximum atomic E-state index is 12.2. The second kappa shape index (κ2) is 9.71. The molecule has 1 heterocycles. The number of thioether (sulfide) groups is 1. The number of nitrogens with zero attached hydrogens (tertiary/aromatic N) is 1. The van der Waals surface area contributed by atoms with Crippen molar-refractivity contribution in [3.05, 3.63) is 57.4 Å². The smallest absolute Gasteiger partial charge is 0.317 e. The molecule has 2 rings (SSSR count). The molecule has 2 aromatic rings. The third-order valence-corrected chi connectivity index (χ3v) is 4.84. The van der Waals surface area contributed by atoms with Crippen LogP contribution in [0.15, 0.2) is 40.2 Å². The Hall–Kier alpha value is -3.38. The van der Waals surface area contributed by atoms with Gasteiger partial charge in [-0.1, -0.05) is 23.9 Å². The highest BCUT2D eigenvalue weighted by atomic mass is 32.2. The zero-order valence-electron chi connectivity index (χ0n) is 16.1. The number of esters is 1. The highest BCUT2D eigenvalue weighted by molar-refractivity contribution is 7.99. The summed E-state index contributed by atoms with van der Waals surface area (Å²) in [5.74, 6) is -1.55. The van der Waals surface area contributed by atoms with E-state index >= 15 is 0 Å². The van der Waals surface area contributed by atoms with E-state index in [2.05, 4.69) is 10.3 Å². The van der Waals surface area contributed by atoms with Gasteiger partial charge in [0.05, 0.1) is 16.3 Å². The van der Waals surface area contributed by atoms with E-state index < -0.39 is 18.0 Å². The summed E-state index contributed by atoms with van der Waals surface area (Å²) in [4.78, 5) is 49.8. The van der Waals surface area contributed by atoms with Crippen LogP contribution < -0.4 is 10.9 Å². The van der Waals surface area contributed by atoms with Gasteiger partial charge in [0, 0.05) is 17.3 Å². The molecule has 1 atom stereocenters. The molecule has 8 nitrogen and oxygen atoms in total. The van der Waals surface area contributed by atoms with Gasteiger partial charge in [0.25, 0.3) is 5.91 Å². The molecule has 0 aliphatic heterocycles. The fourth-order valence-corrected chi connectivity index (χ4v) is 3.24. The molecule has 2 N–H and O–H groups in total. The maximum Gasteiger partial charge on any atom is 0.317 e. The van der Waals surface area contributed by atoms with Gasteiger partial charge in [0.15, 0.2) is 11.9 Å². The summed E-state index contributed by atoms with van der Waals surface area (Å²) >= 11 is 0.949. The van der Waals surface area contributed by atoms with E-state index in [0.29, 0.717) is 16.8 Å². The summed E-state index contributed by atoms with van der Waals surface area (Å²) in [6.07, 6.45) is -1.07. The van der Waals surface area contributed by atoms with Crippen molar-refractivity contribution < 1.29 is 19.1 Å². The largest absolute Gasteiger partial charge is 0.452 e. The van der Waals surface area contributed by atoms with Gasteiger partial charge in [-0.2, -0.15) is 5.26 Å². The first-order valence-corrected chi connectivity index (χ1v) is 9.58. The third kappa shape index (κ3) is 6.05. The third-order valence-electron chi connectivity index (χ3n) is 3.87. The van der Waals surface area contributed by atoms with E-state index in [9.17, 15) is 24.4 Å². The number of ether oxygens (including phenoxy) is 1. The summed E-state index contributed by atoms with van der Waals surface area (Å²) in [7, 11) is 0. The Morgan fingerprint density at radius 1 is 1.31 bits per heavy atom. The van der Waals surface area contributed by atoms with Crippen molar-refractivity contribution in [3.8, 4) is 6.07 Å². The van der Waals surface area contributed by atoms with Crippen LogP contribution >= 0.6 is 11.8 Å². The van der Waals surface area contributed by atoms with Gasteiger partial charge in [0.2, 0.25) is 5.56 Å². The van der Waals surface area contributed by atoms with Crippen molar-refractivity contribution in [3.63, 3.8) is 0 Å². The number of aryl methyl sites for hydroxylation is 1. The van der Waals surface area contributed by atoms with E-state index in [1.165, 1.54) is 26.0 Å². The average molecular weight is 413 g/mol. The molecule has 1 aromatic heterocycles. The van der Waals surface area contributed by atoms with Crippen LogP contribution in [0.5, 0.6) is 0 Å². The zero-order valence-corrected chi connectivity index (χ0v) is 16.9. The Morgan fingerprint density at radius 2 is 2.03 bits per heavy atom. The van der Waals surface area contributed by atoms with Crippen LogP contribution in [-0.2, 0) is 14.3 Å². The summed E-state index contributed by atoms with van der Waals surface area (Å²) in [5, 5.41) is 12.0. The number of benzene rings is 1. The second-order valence-electron chi connectivity index (χ2n) is 6.18. The number of H-pyrrole nitrogens is 1. The number of amides is 1. The lowest BCUT2D eigenvalue weighted by Crippen LogP contribution is -2.30. The Kier molecular flexibility index (Phi) is 7.33. The number of hydrogen-bond donors (Lipinski definition) is 2. The number of carbonyl (C=O) groups excluding carboxylic acids is 3. The van der Waals surface area contributed by atoms with Crippen LogP contribution in [0.25, 0.3) is 0 Å². The maximum absolute atomic E-state index is 12.2. The molecule has 150 valence electrons. The lowest BCUT2D eigenvalue weighted by molar-refractivity contribution is -0.150. The molecule has 0 fully saturated rings. The average Bonchev–Trinajstić information content (AvgIpc) is 2.66. The SMILES string of the molecule is CC(=O)c1cccc(NC(=O)[C@@H](C)OC(=O)CSc2[nH]c(=O)cc(C)c2C#N)c1. The van der Waals surface area contributed by atoms with Crippen molar-refractivity contribution in [2.24, 2.45) is 0 Å². The summed E-state index contributed by atoms with van der Waals surface area (Å²) in [6, 6.07) is 9.69. The Morgan fingerprint density at radius 3 is 2.69 bits per heavy atom. The van der Waals surface area contributed by atoms with Crippen LogP contribution in [0.3, 0.4) is 0 Å². The fourth-order valence-electron chi connectivity index (χ4n) is 2.38. The number of carbonyl (C=O) groups is 3. The normalized spacial score (nSPS) is 11.2. The molecular formula is C20H19N3O5S. The summed E-state index contributed by atoms with van der Waals surface area (Å²) in [6.45, 7) is 4.47. The van der Waals surface area contributed by atoms with Crippen molar-refractivity contribution in [1.82, 2.24) is 4.98 Å². The van der Waals surface area contributed by atoms with Gasteiger partial charge >= 0.3 is 5.97 Å². The van der Waals surface area contributed by atoms with Gasteiger partial charge in [-0.15, -0.1) is 0 Å². The van der Waals surface area contributed by atoms with Gasteiger partial charge in [-0.25, -0.2) is 0 Å². The van der Waals surface area contributed by atoms with Crippen molar-refractivity contribution in [1.29, 1.82) is 5.26 Å². The second-order valence-corrected chi connectivity index (χ2v) is 7.17. The van der Waals surface area contributed by atoms with E-state index in [1.807, 2.05) is 6.07 Å². The number of hydrogen-bond acceptors (Lipinski definition) is 7. The summed E-state index contributed by atoms with van der Waals surface area (Å²) in [5.41, 5.74) is 1.27. The minimum atomic E-state index is -1.07. The number of nitriles is 1. The minimum absolute atomic E-state index is 0.136. The topological polar surface area (TPSA) is 129 Å². The highest BCUT2D eigenvalue weighted by Gasteiger charge is 2.19. The number of Topliss-reactive ketones (excluding diaryl/α,β-unsaturated/α-hetero) is 1. The molecule has 0 unspecified atom stereocenters. The molecule has 1 aromatic carbocycles. The molecule has 0 saturated heterocycles. The first-order valence-electron chi connectivity index (χ1n) is 8.59. The Balaban J connectivity index is 1.95. The Labute approximate surface area is 171 Å². The molecular weight excluding hydrogens is 394 g/mol. The van der Waals surface area contributed by atoms with E-state index in [1.54, 1.807) is 25.1 Å². The summed E-state index contributed by atoms with van der Waals surface area (Å²) < 4.78 is 5.10. The lowest BCUT2D eigenvalue weighted by Gasteiger charge is -2.14. The fraction of sp³-hybridized carbons (Fsp3) is 0.250. The van der Waals surface area contributed by atoms with Crippen LogP contribution in [0.2, 0.25) is 0 Å². The highest BCUT2D eigenvalue weighted by Crippen LogP contribution is 2.21. The standard InChI is InChI=1S/C20H19N3O5S/c1-11-7-17(25)23-20(16(11)9-21)29-10-18(26)28-13(3)19(27)22-15-6-4-5-14(8-15)12(2)24/h4-8,13H,10H2,1-3H3,(H,22,27)(H,23,25)/t13-/m1/s1. The molecule has 29 heavy (non-hydrogen) atoms. The predicted octanol–water partition coefficient (Wildman–Crippen LogP) is 2.42. The molecule has 0 bridgehead atoms. The van der Waals surface area contributed by atoms with Gasteiger partial charge < -0.3 is 15.0 Å². The minimum Gasteiger partial charge on any atom is -0.452 e. The van der Waals surface area contributed by atoms with Crippen molar-refractivity contribution in [2.45, 2.75) is 31.9 Å².